The molecule has 0 unspecified atom stereocenters. The fourth-order valence-electron chi connectivity index (χ4n) is 1.69. The highest BCUT2D eigenvalue weighted by molar-refractivity contribution is 6.32. The maximum atomic E-state index is 12.1. The maximum absolute atomic E-state index is 12.1. The van der Waals surface area contributed by atoms with Crippen LogP contribution in [0.5, 0.6) is 5.75 Å². The Kier molecular flexibility index (Phi) is 5.55. The number of allylic oxidation sites excluding steroid dienone is 1. The standard InChI is InChI=1S/C17H17ClN2O2/c1-12(2)7-9-22-16-10-14(5-6-15(16)18)20-17(21)13-4-3-8-19-11-13/h3-8,10-11H,9H2,1-2H3,(H,20,21). The van der Waals surface area contributed by atoms with Gasteiger partial charge >= 0.3 is 0 Å². The SMILES string of the molecule is CC(C)=CCOc1cc(NC(=O)c2cccnc2)ccc1Cl. The Morgan fingerprint density at radius 1 is 1.36 bits per heavy atom. The molecule has 0 radical (unpaired) electrons. The van der Waals surface area contributed by atoms with E-state index in [0.29, 0.717) is 28.6 Å². The van der Waals surface area contributed by atoms with Crippen LogP contribution in [0.1, 0.15) is 24.2 Å². The molecule has 5 heteroatoms. The first-order chi connectivity index (χ1) is 10.6. The number of hydrogen-bond donors (Lipinski definition) is 1. The smallest absolute Gasteiger partial charge is 0.257 e. The molecule has 4 nitrogen and oxygen atoms in total. The van der Waals surface area contributed by atoms with Gasteiger partial charge in [-0.2, -0.15) is 0 Å². The zero-order valence-electron chi connectivity index (χ0n) is 12.5. The number of carbonyl (C=O) groups is 1. The van der Waals surface area contributed by atoms with Gasteiger partial charge in [0.05, 0.1) is 10.6 Å². The number of ether oxygens (including phenoxy) is 1. The van der Waals surface area contributed by atoms with Crippen LogP contribution < -0.4 is 10.1 Å². The van der Waals surface area contributed by atoms with Crippen molar-refractivity contribution in [3.63, 3.8) is 0 Å². The third-order valence-electron chi connectivity index (χ3n) is 2.84. The molecule has 0 aliphatic rings. The highest BCUT2D eigenvalue weighted by Gasteiger charge is 2.08. The van der Waals surface area contributed by atoms with Gasteiger partial charge in [-0.05, 0) is 44.2 Å². The van der Waals surface area contributed by atoms with Crippen molar-refractivity contribution >= 4 is 23.2 Å². The van der Waals surface area contributed by atoms with Crippen molar-refractivity contribution in [2.24, 2.45) is 0 Å². The van der Waals surface area contributed by atoms with Gasteiger partial charge in [-0.25, -0.2) is 0 Å². The molecular weight excluding hydrogens is 300 g/mol. The lowest BCUT2D eigenvalue weighted by Gasteiger charge is -2.10. The van der Waals surface area contributed by atoms with Crippen LogP contribution in [0.2, 0.25) is 5.02 Å². The third-order valence-corrected chi connectivity index (χ3v) is 3.16. The minimum absolute atomic E-state index is 0.231. The van der Waals surface area contributed by atoms with Gasteiger partial charge in [0.2, 0.25) is 0 Å². The van der Waals surface area contributed by atoms with E-state index in [1.54, 1.807) is 36.5 Å². The summed E-state index contributed by atoms with van der Waals surface area (Å²) in [6, 6.07) is 8.54. The van der Waals surface area contributed by atoms with Crippen LogP contribution in [0.25, 0.3) is 0 Å². The predicted octanol–water partition coefficient (Wildman–Crippen LogP) is 4.33. The molecule has 1 aromatic heterocycles. The van der Waals surface area contributed by atoms with Crippen LogP contribution in [0.15, 0.2) is 54.4 Å². The van der Waals surface area contributed by atoms with Crippen LogP contribution in [-0.2, 0) is 0 Å². The molecule has 0 aliphatic heterocycles. The number of amides is 1. The van der Waals surface area contributed by atoms with Gasteiger partial charge in [-0.1, -0.05) is 17.2 Å². The minimum atomic E-state index is -0.231. The van der Waals surface area contributed by atoms with Crippen molar-refractivity contribution < 1.29 is 9.53 Å². The maximum Gasteiger partial charge on any atom is 0.257 e. The first-order valence-corrected chi connectivity index (χ1v) is 7.21. The molecule has 114 valence electrons. The molecule has 0 aliphatic carbocycles. The van der Waals surface area contributed by atoms with Gasteiger partial charge in [0.25, 0.3) is 5.91 Å². The Morgan fingerprint density at radius 2 is 2.18 bits per heavy atom. The number of halogens is 1. The second-order valence-corrected chi connectivity index (χ2v) is 5.34. The number of carbonyl (C=O) groups excluding carboxylic acids is 1. The van der Waals surface area contributed by atoms with Gasteiger partial charge in [0, 0.05) is 24.1 Å². The van der Waals surface area contributed by atoms with Crippen LogP contribution in [-0.4, -0.2) is 17.5 Å². The average Bonchev–Trinajstić information content (AvgIpc) is 2.51. The van der Waals surface area contributed by atoms with E-state index >= 15 is 0 Å². The molecule has 0 atom stereocenters. The summed E-state index contributed by atoms with van der Waals surface area (Å²) >= 11 is 6.10. The Morgan fingerprint density at radius 3 is 2.86 bits per heavy atom. The van der Waals surface area contributed by atoms with Crippen LogP contribution in [0, 0.1) is 0 Å². The van der Waals surface area contributed by atoms with E-state index in [4.69, 9.17) is 16.3 Å². The number of rotatable bonds is 5. The van der Waals surface area contributed by atoms with Gasteiger partial charge in [0.15, 0.2) is 0 Å². The fraction of sp³-hybridized carbons (Fsp3) is 0.176. The molecule has 0 saturated heterocycles. The molecule has 1 aromatic carbocycles. The molecule has 1 heterocycles. The Balaban J connectivity index is 2.09. The number of nitrogens with one attached hydrogen (secondary N) is 1. The van der Waals surface area contributed by atoms with Crippen LogP contribution in [0.4, 0.5) is 5.69 Å². The van der Waals surface area contributed by atoms with Gasteiger partial charge in [-0.15, -0.1) is 0 Å². The lowest BCUT2D eigenvalue weighted by atomic mass is 10.2. The largest absolute Gasteiger partial charge is 0.488 e. The Hall–Kier alpha value is -2.33. The van der Waals surface area contributed by atoms with E-state index < -0.39 is 0 Å². The second kappa shape index (κ2) is 7.61. The van der Waals surface area contributed by atoms with Crippen molar-refractivity contribution in [2.45, 2.75) is 13.8 Å². The Labute approximate surface area is 134 Å². The van der Waals surface area contributed by atoms with Crippen LogP contribution in [0.3, 0.4) is 0 Å². The lowest BCUT2D eigenvalue weighted by Crippen LogP contribution is -2.12. The van der Waals surface area contributed by atoms with Gasteiger partial charge in [0.1, 0.15) is 12.4 Å². The van der Waals surface area contributed by atoms with E-state index in [0.717, 1.165) is 5.57 Å². The molecular formula is C17H17ClN2O2. The quantitative estimate of drug-likeness (QED) is 0.835. The van der Waals surface area contributed by atoms with Crippen molar-refractivity contribution in [1.29, 1.82) is 0 Å². The molecule has 1 N–H and O–H groups in total. The molecule has 22 heavy (non-hydrogen) atoms. The number of anilines is 1. The molecule has 0 fully saturated rings. The molecule has 1 amide bonds. The van der Waals surface area contributed by atoms with Crippen molar-refractivity contribution in [3.8, 4) is 5.75 Å². The van der Waals surface area contributed by atoms with E-state index in [1.807, 2.05) is 19.9 Å². The summed E-state index contributed by atoms with van der Waals surface area (Å²) in [7, 11) is 0. The number of hydrogen-bond acceptors (Lipinski definition) is 3. The highest BCUT2D eigenvalue weighted by Crippen LogP contribution is 2.28. The number of aromatic nitrogens is 1. The second-order valence-electron chi connectivity index (χ2n) is 4.93. The summed E-state index contributed by atoms with van der Waals surface area (Å²) in [6.07, 6.45) is 5.09. The fourth-order valence-corrected chi connectivity index (χ4v) is 1.86. The van der Waals surface area contributed by atoms with E-state index in [-0.39, 0.29) is 5.91 Å². The summed E-state index contributed by atoms with van der Waals surface area (Å²) < 4.78 is 5.60. The third kappa shape index (κ3) is 4.60. The predicted molar refractivity (Wildman–Crippen MR) is 88.6 cm³/mol. The van der Waals surface area contributed by atoms with Crippen LogP contribution >= 0.6 is 11.6 Å². The summed E-state index contributed by atoms with van der Waals surface area (Å²) in [6.45, 7) is 4.42. The minimum Gasteiger partial charge on any atom is -0.488 e. The summed E-state index contributed by atoms with van der Waals surface area (Å²) in [5.41, 5.74) is 2.27. The number of nitrogens with zero attached hydrogens (tertiary/aromatic N) is 1. The molecule has 2 rings (SSSR count). The molecule has 0 bridgehead atoms. The topological polar surface area (TPSA) is 51.2 Å². The molecule has 0 saturated carbocycles. The van der Waals surface area contributed by atoms with E-state index in [2.05, 4.69) is 10.3 Å². The van der Waals surface area contributed by atoms with Crippen molar-refractivity contribution in [1.82, 2.24) is 4.98 Å². The first kappa shape index (κ1) is 16.0. The molecule has 0 spiro atoms. The lowest BCUT2D eigenvalue weighted by molar-refractivity contribution is 0.102. The monoisotopic (exact) mass is 316 g/mol. The first-order valence-electron chi connectivity index (χ1n) is 6.83. The normalized spacial score (nSPS) is 9.95. The van der Waals surface area contributed by atoms with Gasteiger partial charge in [-0.3, -0.25) is 9.78 Å². The van der Waals surface area contributed by atoms with E-state index in [9.17, 15) is 4.79 Å². The van der Waals surface area contributed by atoms with Crippen molar-refractivity contribution in [3.05, 3.63) is 65.0 Å². The summed E-state index contributed by atoms with van der Waals surface area (Å²) in [5.74, 6) is 0.300. The van der Waals surface area contributed by atoms with Gasteiger partial charge < -0.3 is 10.1 Å². The zero-order valence-corrected chi connectivity index (χ0v) is 13.2. The summed E-state index contributed by atoms with van der Waals surface area (Å²) in [5, 5.41) is 3.29. The zero-order chi connectivity index (χ0) is 15.9. The highest BCUT2D eigenvalue weighted by atomic mass is 35.5. The Bertz CT molecular complexity index is 680. The molecule has 2 aromatic rings. The number of pyridine rings is 1. The summed E-state index contributed by atoms with van der Waals surface area (Å²) in [4.78, 5) is 16.0. The van der Waals surface area contributed by atoms with E-state index in [1.165, 1.54) is 6.20 Å². The van der Waals surface area contributed by atoms with Crippen molar-refractivity contribution in [2.75, 3.05) is 11.9 Å². The average molecular weight is 317 g/mol. The number of benzene rings is 1.